The third-order valence-corrected chi connectivity index (χ3v) is 4.43. The number of nitrogens with one attached hydrogen (secondary N) is 1. The summed E-state index contributed by atoms with van der Waals surface area (Å²) < 4.78 is 17.3. The van der Waals surface area contributed by atoms with Gasteiger partial charge in [0, 0.05) is 23.7 Å². The van der Waals surface area contributed by atoms with Gasteiger partial charge in [0.2, 0.25) is 0 Å². The Morgan fingerprint density at radius 3 is 2.65 bits per heavy atom. The normalized spacial score (nSPS) is 19.9. The predicted octanol–water partition coefficient (Wildman–Crippen LogP) is 3.12. The first-order chi connectivity index (χ1) is 9.65. The van der Waals surface area contributed by atoms with E-state index in [-0.39, 0.29) is 0 Å². The van der Waals surface area contributed by atoms with Crippen LogP contribution >= 0.6 is 15.9 Å². The van der Waals surface area contributed by atoms with E-state index in [1.807, 2.05) is 12.1 Å². The highest BCUT2D eigenvalue weighted by Gasteiger charge is 2.22. The Labute approximate surface area is 128 Å². The van der Waals surface area contributed by atoms with Crippen LogP contribution in [0.25, 0.3) is 0 Å². The van der Waals surface area contributed by atoms with Crippen LogP contribution in [0.3, 0.4) is 0 Å². The van der Waals surface area contributed by atoms with Crippen molar-refractivity contribution in [3.63, 3.8) is 0 Å². The summed E-state index contributed by atoms with van der Waals surface area (Å²) in [5, 5.41) is 3.52. The van der Waals surface area contributed by atoms with Crippen molar-refractivity contribution in [2.24, 2.45) is 0 Å². The van der Waals surface area contributed by atoms with E-state index in [1.54, 1.807) is 14.2 Å². The van der Waals surface area contributed by atoms with Gasteiger partial charge in [0.1, 0.15) is 0 Å². The molecule has 0 saturated carbocycles. The van der Waals surface area contributed by atoms with E-state index in [0.717, 1.165) is 47.5 Å². The topological polar surface area (TPSA) is 39.7 Å². The van der Waals surface area contributed by atoms with Gasteiger partial charge in [-0.25, -0.2) is 0 Å². The molecule has 0 bridgehead atoms. The first-order valence-corrected chi connectivity index (χ1v) is 7.70. The standard InChI is InChI=1S/C15H22BrNO3/c1-10(13-5-4-6-20-13)17-9-11-7-14(18-2)15(19-3)8-12(11)16/h7-8,10,13,17H,4-6,9H2,1-3H3. The molecule has 1 N–H and O–H groups in total. The minimum atomic E-state index is 0.328. The number of hydrogen-bond donors (Lipinski definition) is 1. The average Bonchev–Trinajstić information content (AvgIpc) is 2.99. The van der Waals surface area contributed by atoms with E-state index in [1.165, 1.54) is 0 Å². The van der Waals surface area contributed by atoms with Gasteiger partial charge in [-0.3, -0.25) is 0 Å². The molecule has 0 spiro atoms. The highest BCUT2D eigenvalue weighted by atomic mass is 79.9. The van der Waals surface area contributed by atoms with Crippen LogP contribution in [0.4, 0.5) is 0 Å². The summed E-state index contributed by atoms with van der Waals surface area (Å²) in [6.07, 6.45) is 2.63. The number of hydrogen-bond acceptors (Lipinski definition) is 4. The fourth-order valence-electron chi connectivity index (χ4n) is 2.43. The Morgan fingerprint density at radius 2 is 2.05 bits per heavy atom. The first-order valence-electron chi connectivity index (χ1n) is 6.91. The molecule has 112 valence electrons. The lowest BCUT2D eigenvalue weighted by molar-refractivity contribution is 0.0832. The lowest BCUT2D eigenvalue weighted by Crippen LogP contribution is -2.36. The first kappa shape index (κ1) is 15.6. The lowest BCUT2D eigenvalue weighted by atomic mass is 10.1. The van der Waals surface area contributed by atoms with Crippen molar-refractivity contribution in [3.05, 3.63) is 22.2 Å². The van der Waals surface area contributed by atoms with Crippen LogP contribution in [0.5, 0.6) is 11.5 Å². The van der Waals surface area contributed by atoms with Gasteiger partial charge < -0.3 is 19.5 Å². The molecule has 0 amide bonds. The van der Waals surface area contributed by atoms with Crippen molar-refractivity contribution in [3.8, 4) is 11.5 Å². The summed E-state index contributed by atoms with van der Waals surface area (Å²) in [7, 11) is 3.29. The largest absolute Gasteiger partial charge is 0.493 e. The zero-order valence-electron chi connectivity index (χ0n) is 12.2. The van der Waals surface area contributed by atoms with Gasteiger partial charge in [-0.05, 0) is 37.5 Å². The van der Waals surface area contributed by atoms with Gasteiger partial charge >= 0.3 is 0 Å². The minimum Gasteiger partial charge on any atom is -0.493 e. The molecule has 0 radical (unpaired) electrons. The second-order valence-corrected chi connectivity index (χ2v) is 5.87. The van der Waals surface area contributed by atoms with Gasteiger partial charge in [0.25, 0.3) is 0 Å². The van der Waals surface area contributed by atoms with E-state index >= 15 is 0 Å². The maximum absolute atomic E-state index is 5.70. The van der Waals surface area contributed by atoms with Crippen molar-refractivity contribution in [1.29, 1.82) is 0 Å². The maximum atomic E-state index is 5.70. The average molecular weight is 344 g/mol. The molecule has 1 aliphatic rings. The van der Waals surface area contributed by atoms with Gasteiger partial charge in [-0.2, -0.15) is 0 Å². The predicted molar refractivity (Wildman–Crippen MR) is 82.5 cm³/mol. The molecule has 1 aliphatic heterocycles. The highest BCUT2D eigenvalue weighted by Crippen LogP contribution is 2.33. The molecule has 2 unspecified atom stereocenters. The second kappa shape index (κ2) is 7.29. The maximum Gasteiger partial charge on any atom is 0.161 e. The van der Waals surface area contributed by atoms with E-state index in [4.69, 9.17) is 14.2 Å². The van der Waals surface area contributed by atoms with Crippen molar-refractivity contribution in [1.82, 2.24) is 5.32 Å². The molecule has 1 heterocycles. The summed E-state index contributed by atoms with van der Waals surface area (Å²) in [6.45, 7) is 3.82. The molecule has 1 saturated heterocycles. The summed E-state index contributed by atoms with van der Waals surface area (Å²) in [6, 6.07) is 4.28. The smallest absolute Gasteiger partial charge is 0.161 e. The molecular formula is C15H22BrNO3. The quantitative estimate of drug-likeness (QED) is 0.861. The fraction of sp³-hybridized carbons (Fsp3) is 0.600. The monoisotopic (exact) mass is 343 g/mol. The van der Waals surface area contributed by atoms with Gasteiger partial charge in [-0.15, -0.1) is 0 Å². The lowest BCUT2D eigenvalue weighted by Gasteiger charge is -2.21. The van der Waals surface area contributed by atoms with E-state index in [9.17, 15) is 0 Å². The molecule has 1 aromatic rings. The van der Waals surface area contributed by atoms with Crippen LogP contribution in [0.15, 0.2) is 16.6 Å². The Balaban J connectivity index is 2.01. The third-order valence-electron chi connectivity index (χ3n) is 3.69. The van der Waals surface area contributed by atoms with Gasteiger partial charge in [-0.1, -0.05) is 15.9 Å². The Hall–Kier alpha value is -0.780. The fourth-order valence-corrected chi connectivity index (χ4v) is 2.89. The Bertz CT molecular complexity index is 447. The molecule has 0 aliphatic carbocycles. The summed E-state index contributed by atoms with van der Waals surface area (Å²) in [4.78, 5) is 0. The Kier molecular flexibility index (Phi) is 5.69. The molecule has 1 fully saturated rings. The molecule has 20 heavy (non-hydrogen) atoms. The summed E-state index contributed by atoms with van der Waals surface area (Å²) >= 11 is 3.58. The molecule has 4 nitrogen and oxygen atoms in total. The number of benzene rings is 1. The van der Waals surface area contributed by atoms with Crippen LogP contribution in [0.2, 0.25) is 0 Å². The second-order valence-electron chi connectivity index (χ2n) is 5.02. The molecule has 2 rings (SSSR count). The highest BCUT2D eigenvalue weighted by molar-refractivity contribution is 9.10. The molecule has 5 heteroatoms. The van der Waals surface area contributed by atoms with Crippen molar-refractivity contribution >= 4 is 15.9 Å². The van der Waals surface area contributed by atoms with E-state index in [0.29, 0.717) is 12.1 Å². The molecule has 2 atom stereocenters. The van der Waals surface area contributed by atoms with E-state index in [2.05, 4.69) is 28.2 Å². The molecular weight excluding hydrogens is 322 g/mol. The number of halogens is 1. The zero-order chi connectivity index (χ0) is 14.5. The van der Waals surface area contributed by atoms with Gasteiger partial charge in [0.15, 0.2) is 11.5 Å². The van der Waals surface area contributed by atoms with Crippen LogP contribution < -0.4 is 14.8 Å². The van der Waals surface area contributed by atoms with Crippen molar-refractivity contribution < 1.29 is 14.2 Å². The van der Waals surface area contributed by atoms with Crippen LogP contribution in [0.1, 0.15) is 25.3 Å². The van der Waals surface area contributed by atoms with Crippen molar-refractivity contribution in [2.75, 3.05) is 20.8 Å². The third kappa shape index (κ3) is 3.65. The van der Waals surface area contributed by atoms with Crippen LogP contribution in [-0.2, 0) is 11.3 Å². The number of rotatable bonds is 6. The number of methoxy groups -OCH3 is 2. The van der Waals surface area contributed by atoms with E-state index < -0.39 is 0 Å². The minimum absolute atomic E-state index is 0.328. The number of ether oxygens (including phenoxy) is 3. The summed E-state index contributed by atoms with van der Waals surface area (Å²) in [5.41, 5.74) is 1.15. The molecule has 1 aromatic carbocycles. The SMILES string of the molecule is COc1cc(Br)c(CNC(C)C2CCCO2)cc1OC. The van der Waals surface area contributed by atoms with Crippen molar-refractivity contribution in [2.45, 2.75) is 38.5 Å². The van der Waals surface area contributed by atoms with Crippen LogP contribution in [-0.4, -0.2) is 33.0 Å². The zero-order valence-corrected chi connectivity index (χ0v) is 13.8. The van der Waals surface area contributed by atoms with Crippen LogP contribution in [0, 0.1) is 0 Å². The van der Waals surface area contributed by atoms with Gasteiger partial charge in [0.05, 0.1) is 20.3 Å². The Morgan fingerprint density at radius 1 is 1.35 bits per heavy atom. The molecule has 0 aromatic heterocycles. The summed E-state index contributed by atoms with van der Waals surface area (Å²) in [5.74, 6) is 1.48.